The third-order valence-corrected chi connectivity index (χ3v) is 4.13. The Morgan fingerprint density at radius 3 is 1.83 bits per heavy atom. The van der Waals surface area contributed by atoms with Crippen molar-refractivity contribution in [1.29, 1.82) is 0 Å². The molecule has 0 aliphatic carbocycles. The minimum absolute atomic E-state index is 0.300. The maximum absolute atomic E-state index is 12.2. The number of benzene rings is 2. The van der Waals surface area contributed by atoms with Gasteiger partial charge in [0.1, 0.15) is 0 Å². The molecule has 0 bridgehead atoms. The van der Waals surface area contributed by atoms with Gasteiger partial charge in [0.15, 0.2) is 5.92 Å². The molecule has 0 heterocycles. The molecule has 0 amide bonds. The van der Waals surface area contributed by atoms with E-state index in [1.165, 1.54) is 14.2 Å². The second-order valence-electron chi connectivity index (χ2n) is 5.57. The Labute approximate surface area is 142 Å². The van der Waals surface area contributed by atoms with Gasteiger partial charge in [-0.15, -0.1) is 0 Å². The molecule has 0 N–H and O–H groups in total. The maximum atomic E-state index is 12.2. The van der Waals surface area contributed by atoms with Gasteiger partial charge in [-0.3, -0.25) is 9.59 Å². The van der Waals surface area contributed by atoms with Crippen molar-refractivity contribution in [2.75, 3.05) is 14.2 Å². The van der Waals surface area contributed by atoms with Crippen LogP contribution in [-0.2, 0) is 25.5 Å². The third kappa shape index (κ3) is 4.44. The van der Waals surface area contributed by atoms with Gasteiger partial charge in [0.05, 0.1) is 14.2 Å². The van der Waals surface area contributed by atoms with E-state index in [9.17, 15) is 9.59 Å². The number of hydrogen-bond donors (Lipinski definition) is 0. The number of carbonyl (C=O) groups excluding carboxylic acids is 2. The number of methoxy groups -OCH3 is 2. The van der Waals surface area contributed by atoms with Crippen molar-refractivity contribution in [2.45, 2.75) is 18.8 Å². The summed E-state index contributed by atoms with van der Waals surface area (Å²) >= 11 is 0. The molecule has 4 heteroatoms. The van der Waals surface area contributed by atoms with Gasteiger partial charge < -0.3 is 9.47 Å². The molecule has 2 rings (SSSR count). The molecule has 2 aromatic carbocycles. The molecular formula is C20H22O4. The van der Waals surface area contributed by atoms with Crippen LogP contribution in [-0.4, -0.2) is 26.2 Å². The highest BCUT2D eigenvalue weighted by Gasteiger charge is 2.37. The van der Waals surface area contributed by atoms with Gasteiger partial charge in [-0.05, 0) is 24.0 Å². The number of ether oxygens (including phenoxy) is 2. The summed E-state index contributed by atoms with van der Waals surface area (Å²) in [6.45, 7) is 0. The second-order valence-corrected chi connectivity index (χ2v) is 5.57. The van der Waals surface area contributed by atoms with E-state index in [4.69, 9.17) is 9.47 Å². The zero-order chi connectivity index (χ0) is 17.4. The summed E-state index contributed by atoms with van der Waals surface area (Å²) in [5.74, 6) is -2.40. The lowest BCUT2D eigenvalue weighted by Gasteiger charge is -2.24. The molecule has 24 heavy (non-hydrogen) atoms. The molecule has 0 saturated carbocycles. The van der Waals surface area contributed by atoms with Crippen molar-refractivity contribution in [2.24, 2.45) is 5.92 Å². The summed E-state index contributed by atoms with van der Waals surface area (Å²) in [5, 5.41) is 0. The van der Waals surface area contributed by atoms with Crippen LogP contribution in [0.1, 0.15) is 23.5 Å². The molecule has 1 atom stereocenters. The Balaban J connectivity index is 2.30. The van der Waals surface area contributed by atoms with Crippen LogP contribution in [0.3, 0.4) is 0 Å². The van der Waals surface area contributed by atoms with Gasteiger partial charge in [0.25, 0.3) is 0 Å². The molecule has 4 nitrogen and oxygen atoms in total. The molecule has 0 radical (unpaired) electrons. The van der Waals surface area contributed by atoms with E-state index < -0.39 is 17.9 Å². The van der Waals surface area contributed by atoms with Gasteiger partial charge in [-0.1, -0.05) is 60.7 Å². The van der Waals surface area contributed by atoms with Gasteiger partial charge in [0, 0.05) is 5.92 Å². The molecule has 0 aliphatic heterocycles. The average Bonchev–Trinajstić information content (AvgIpc) is 2.65. The van der Waals surface area contributed by atoms with E-state index in [1.807, 2.05) is 60.7 Å². The lowest BCUT2D eigenvalue weighted by molar-refractivity contribution is -0.160. The lowest BCUT2D eigenvalue weighted by Crippen LogP contribution is -2.32. The topological polar surface area (TPSA) is 52.6 Å². The zero-order valence-electron chi connectivity index (χ0n) is 14.0. The first-order valence-electron chi connectivity index (χ1n) is 7.92. The quantitative estimate of drug-likeness (QED) is 0.578. The molecular weight excluding hydrogens is 304 g/mol. The maximum Gasteiger partial charge on any atom is 0.320 e. The number of rotatable bonds is 7. The summed E-state index contributed by atoms with van der Waals surface area (Å²) < 4.78 is 9.70. The Kier molecular flexibility index (Phi) is 6.55. The number of aryl methyl sites for hydroxylation is 1. The van der Waals surface area contributed by atoms with E-state index in [0.29, 0.717) is 6.42 Å². The standard InChI is InChI=1S/C20H22O4/c1-23-19(21)18(20(22)24-2)17(16-11-7-4-8-12-16)14-13-15-9-5-3-6-10-15/h3-12,17-18H,13-14H2,1-2H3/t17-/m1/s1. The van der Waals surface area contributed by atoms with Crippen LogP contribution in [0.25, 0.3) is 0 Å². The van der Waals surface area contributed by atoms with Gasteiger partial charge in [-0.2, -0.15) is 0 Å². The lowest BCUT2D eigenvalue weighted by atomic mass is 9.81. The molecule has 0 spiro atoms. The van der Waals surface area contributed by atoms with E-state index in [0.717, 1.165) is 17.5 Å². The molecule has 0 saturated heterocycles. The highest BCUT2D eigenvalue weighted by molar-refractivity contribution is 5.96. The summed E-state index contributed by atoms with van der Waals surface area (Å²) in [6, 6.07) is 19.5. The van der Waals surface area contributed by atoms with Crippen LogP contribution < -0.4 is 0 Å². The minimum atomic E-state index is -0.967. The molecule has 126 valence electrons. The van der Waals surface area contributed by atoms with E-state index in [2.05, 4.69) is 0 Å². The van der Waals surface area contributed by atoms with Crippen molar-refractivity contribution in [3.8, 4) is 0 Å². The first kappa shape index (κ1) is 17.7. The van der Waals surface area contributed by atoms with Crippen LogP contribution in [0.4, 0.5) is 0 Å². The monoisotopic (exact) mass is 326 g/mol. The fourth-order valence-corrected chi connectivity index (χ4v) is 2.87. The van der Waals surface area contributed by atoms with Crippen molar-refractivity contribution in [3.05, 3.63) is 71.8 Å². The molecule has 0 unspecified atom stereocenters. The fourth-order valence-electron chi connectivity index (χ4n) is 2.87. The minimum Gasteiger partial charge on any atom is -0.468 e. The van der Waals surface area contributed by atoms with Gasteiger partial charge in [-0.25, -0.2) is 0 Å². The average molecular weight is 326 g/mol. The Morgan fingerprint density at radius 1 is 0.833 bits per heavy atom. The first-order valence-corrected chi connectivity index (χ1v) is 7.92. The predicted octanol–water partition coefficient (Wildman–Crippen LogP) is 3.37. The number of carbonyl (C=O) groups is 2. The first-order chi connectivity index (χ1) is 11.7. The zero-order valence-corrected chi connectivity index (χ0v) is 14.0. The third-order valence-electron chi connectivity index (χ3n) is 4.13. The van der Waals surface area contributed by atoms with E-state index in [-0.39, 0.29) is 5.92 Å². The highest BCUT2D eigenvalue weighted by Crippen LogP contribution is 2.31. The SMILES string of the molecule is COC(=O)C(C(=O)OC)[C@H](CCc1ccccc1)c1ccccc1. The largest absolute Gasteiger partial charge is 0.468 e. The molecule has 0 aliphatic rings. The summed E-state index contributed by atoms with van der Waals surface area (Å²) in [7, 11) is 2.58. The fraction of sp³-hybridized carbons (Fsp3) is 0.300. The van der Waals surface area contributed by atoms with Crippen LogP contribution in [0.15, 0.2) is 60.7 Å². The van der Waals surface area contributed by atoms with Gasteiger partial charge >= 0.3 is 11.9 Å². The van der Waals surface area contributed by atoms with Crippen molar-refractivity contribution < 1.29 is 19.1 Å². The van der Waals surface area contributed by atoms with Crippen molar-refractivity contribution in [1.82, 2.24) is 0 Å². The van der Waals surface area contributed by atoms with E-state index >= 15 is 0 Å². The number of hydrogen-bond acceptors (Lipinski definition) is 4. The smallest absolute Gasteiger partial charge is 0.320 e. The van der Waals surface area contributed by atoms with Gasteiger partial charge in [0.2, 0.25) is 0 Å². The number of esters is 2. The van der Waals surface area contributed by atoms with Crippen LogP contribution in [0.2, 0.25) is 0 Å². The Hall–Kier alpha value is -2.62. The molecule has 0 aromatic heterocycles. The summed E-state index contributed by atoms with van der Waals surface area (Å²) in [6.07, 6.45) is 1.40. The van der Waals surface area contributed by atoms with Crippen molar-refractivity contribution in [3.63, 3.8) is 0 Å². The Morgan fingerprint density at radius 2 is 1.33 bits per heavy atom. The normalized spacial score (nSPS) is 11.8. The predicted molar refractivity (Wildman–Crippen MR) is 91.5 cm³/mol. The summed E-state index contributed by atoms with van der Waals surface area (Å²) in [4.78, 5) is 24.4. The second kappa shape index (κ2) is 8.87. The molecule has 0 fully saturated rings. The van der Waals surface area contributed by atoms with Crippen LogP contribution >= 0.6 is 0 Å². The van der Waals surface area contributed by atoms with Crippen LogP contribution in [0, 0.1) is 5.92 Å². The van der Waals surface area contributed by atoms with Crippen molar-refractivity contribution >= 4 is 11.9 Å². The summed E-state index contributed by atoms with van der Waals surface area (Å²) in [5.41, 5.74) is 2.08. The molecule has 2 aromatic rings. The Bertz CT molecular complexity index is 636. The highest BCUT2D eigenvalue weighted by atomic mass is 16.5. The van der Waals surface area contributed by atoms with Crippen LogP contribution in [0.5, 0.6) is 0 Å². The van der Waals surface area contributed by atoms with E-state index in [1.54, 1.807) is 0 Å².